The molecule has 0 spiro atoms. The lowest BCUT2D eigenvalue weighted by molar-refractivity contribution is -0.131. The van der Waals surface area contributed by atoms with Gasteiger partial charge in [-0.1, -0.05) is 12.1 Å². The Morgan fingerprint density at radius 1 is 0.933 bits per heavy atom. The maximum absolute atomic E-state index is 13.1. The van der Waals surface area contributed by atoms with Crippen molar-refractivity contribution in [3.63, 3.8) is 0 Å². The number of benzene rings is 2. The number of carbonyl (C=O) groups excluding carboxylic acids is 1. The largest absolute Gasteiger partial charge is 0.478 e. The van der Waals surface area contributed by atoms with Crippen LogP contribution in [0.25, 0.3) is 5.57 Å². The number of ketones is 1. The van der Waals surface area contributed by atoms with Gasteiger partial charge in [0.1, 0.15) is 0 Å². The molecular formula is C22H24N2O5S. The quantitative estimate of drug-likeness (QED) is 0.562. The first kappa shape index (κ1) is 21.7. The van der Waals surface area contributed by atoms with Crippen molar-refractivity contribution in [3.8, 4) is 0 Å². The number of hydrogen-bond acceptors (Lipinski definition) is 5. The molecule has 3 rings (SSSR count). The van der Waals surface area contributed by atoms with Gasteiger partial charge in [-0.2, -0.15) is 4.31 Å². The lowest BCUT2D eigenvalue weighted by atomic mass is 10.1. The van der Waals surface area contributed by atoms with E-state index < -0.39 is 16.0 Å². The fourth-order valence-corrected chi connectivity index (χ4v) is 4.88. The molecule has 0 saturated carbocycles. The number of nitrogens with zero attached hydrogens (tertiary/aromatic N) is 2. The maximum atomic E-state index is 13.1. The first-order valence-electron chi connectivity index (χ1n) is 9.56. The number of allylic oxidation sites excluding steroid dienone is 1. The molecule has 1 aliphatic heterocycles. The molecule has 158 valence electrons. The van der Waals surface area contributed by atoms with Crippen LogP contribution in [0.15, 0.2) is 59.5 Å². The summed E-state index contributed by atoms with van der Waals surface area (Å²) < 4.78 is 27.6. The highest BCUT2D eigenvalue weighted by Crippen LogP contribution is 2.24. The van der Waals surface area contributed by atoms with Crippen LogP contribution in [0, 0.1) is 0 Å². The number of Topliss-reactive ketones (excluding diaryl/α,β-unsaturated/α-hetero) is 1. The van der Waals surface area contributed by atoms with E-state index in [1.807, 2.05) is 12.1 Å². The Morgan fingerprint density at radius 3 is 2.13 bits per heavy atom. The van der Waals surface area contributed by atoms with Crippen molar-refractivity contribution in [2.24, 2.45) is 0 Å². The summed E-state index contributed by atoms with van der Waals surface area (Å²) in [5.41, 5.74) is 2.64. The number of piperazine rings is 1. The van der Waals surface area contributed by atoms with Crippen LogP contribution in [0.4, 0.5) is 5.69 Å². The third-order valence-electron chi connectivity index (χ3n) is 5.14. The van der Waals surface area contributed by atoms with Crippen molar-refractivity contribution < 1.29 is 23.1 Å². The SMILES string of the molecule is CC(=O)c1ccc(N2CCN(S(=O)(=O)c3cccc(/C(C)=C/C(=O)O)c3)CC2)cc1. The van der Waals surface area contributed by atoms with Gasteiger partial charge in [0.2, 0.25) is 10.0 Å². The van der Waals surface area contributed by atoms with Gasteiger partial charge in [0.05, 0.1) is 4.90 Å². The number of aliphatic carboxylic acids is 1. The number of rotatable bonds is 6. The summed E-state index contributed by atoms with van der Waals surface area (Å²) in [7, 11) is -3.68. The number of carboxylic acid groups (broad SMARTS) is 1. The minimum absolute atomic E-state index is 0.00753. The third kappa shape index (κ3) is 4.77. The van der Waals surface area contributed by atoms with Crippen molar-refractivity contribution in [2.45, 2.75) is 18.7 Å². The summed E-state index contributed by atoms with van der Waals surface area (Å²) in [6.07, 6.45) is 1.06. The van der Waals surface area contributed by atoms with Gasteiger partial charge in [-0.05, 0) is 61.4 Å². The van der Waals surface area contributed by atoms with Gasteiger partial charge in [0.25, 0.3) is 0 Å². The Balaban J connectivity index is 1.73. The molecule has 1 aliphatic rings. The minimum atomic E-state index is -3.68. The number of carboxylic acids is 1. The highest BCUT2D eigenvalue weighted by Gasteiger charge is 2.28. The zero-order chi connectivity index (χ0) is 21.9. The molecule has 1 N–H and O–H groups in total. The molecule has 2 aromatic carbocycles. The second kappa shape index (κ2) is 8.81. The normalized spacial score (nSPS) is 15.8. The molecule has 1 fully saturated rings. The van der Waals surface area contributed by atoms with Gasteiger partial charge in [0.15, 0.2) is 5.78 Å². The van der Waals surface area contributed by atoms with Crippen molar-refractivity contribution in [1.82, 2.24) is 4.31 Å². The summed E-state index contributed by atoms with van der Waals surface area (Å²) in [5, 5.41) is 8.92. The average molecular weight is 429 g/mol. The molecule has 2 aromatic rings. The Hall–Kier alpha value is -2.97. The number of hydrogen-bond donors (Lipinski definition) is 1. The molecule has 0 radical (unpaired) electrons. The molecule has 1 heterocycles. The van der Waals surface area contributed by atoms with Crippen LogP contribution >= 0.6 is 0 Å². The Morgan fingerprint density at radius 2 is 1.57 bits per heavy atom. The van der Waals surface area contributed by atoms with Crippen LogP contribution in [-0.4, -0.2) is 55.8 Å². The van der Waals surface area contributed by atoms with Crippen LogP contribution < -0.4 is 4.90 Å². The number of carbonyl (C=O) groups is 2. The average Bonchev–Trinajstić information content (AvgIpc) is 2.73. The zero-order valence-corrected chi connectivity index (χ0v) is 17.7. The van der Waals surface area contributed by atoms with Gasteiger partial charge in [-0.25, -0.2) is 13.2 Å². The number of sulfonamides is 1. The van der Waals surface area contributed by atoms with Gasteiger partial charge in [-0.15, -0.1) is 0 Å². The second-order valence-corrected chi connectivity index (χ2v) is 9.13. The summed E-state index contributed by atoms with van der Waals surface area (Å²) >= 11 is 0. The first-order chi connectivity index (χ1) is 14.2. The molecule has 0 unspecified atom stereocenters. The van der Waals surface area contributed by atoms with Crippen molar-refractivity contribution in [1.29, 1.82) is 0 Å². The van der Waals surface area contributed by atoms with Crippen LogP contribution in [-0.2, 0) is 14.8 Å². The molecule has 0 aliphatic carbocycles. The molecular weight excluding hydrogens is 404 g/mol. The van der Waals surface area contributed by atoms with Crippen molar-refractivity contribution in [3.05, 3.63) is 65.7 Å². The number of anilines is 1. The Kier molecular flexibility index (Phi) is 6.38. The van der Waals surface area contributed by atoms with E-state index in [0.29, 0.717) is 42.9 Å². The van der Waals surface area contributed by atoms with Gasteiger partial charge >= 0.3 is 5.97 Å². The summed E-state index contributed by atoms with van der Waals surface area (Å²) in [6, 6.07) is 13.7. The molecule has 0 aromatic heterocycles. The highest BCUT2D eigenvalue weighted by atomic mass is 32.2. The Bertz CT molecular complexity index is 1080. The van der Waals surface area contributed by atoms with Crippen LogP contribution in [0.1, 0.15) is 29.8 Å². The molecule has 0 bridgehead atoms. The second-order valence-electron chi connectivity index (χ2n) is 7.19. The highest BCUT2D eigenvalue weighted by molar-refractivity contribution is 7.89. The first-order valence-corrected chi connectivity index (χ1v) is 11.0. The zero-order valence-electron chi connectivity index (χ0n) is 16.9. The van der Waals surface area contributed by atoms with E-state index in [1.54, 1.807) is 31.2 Å². The van der Waals surface area contributed by atoms with E-state index in [1.165, 1.54) is 23.4 Å². The molecule has 7 nitrogen and oxygen atoms in total. The fraction of sp³-hybridized carbons (Fsp3) is 0.273. The van der Waals surface area contributed by atoms with E-state index in [9.17, 15) is 18.0 Å². The predicted molar refractivity (Wildman–Crippen MR) is 115 cm³/mol. The topological polar surface area (TPSA) is 95.0 Å². The monoisotopic (exact) mass is 428 g/mol. The van der Waals surface area contributed by atoms with Crippen LogP contribution in [0.2, 0.25) is 0 Å². The van der Waals surface area contributed by atoms with Crippen LogP contribution in [0.3, 0.4) is 0 Å². The smallest absolute Gasteiger partial charge is 0.328 e. The molecule has 30 heavy (non-hydrogen) atoms. The van der Waals surface area contributed by atoms with E-state index in [4.69, 9.17) is 5.11 Å². The molecule has 8 heteroatoms. The summed E-state index contributed by atoms with van der Waals surface area (Å²) in [4.78, 5) is 24.5. The molecule has 0 amide bonds. The summed E-state index contributed by atoms with van der Waals surface area (Å²) in [5.74, 6) is -1.07. The van der Waals surface area contributed by atoms with Crippen LogP contribution in [0.5, 0.6) is 0 Å². The van der Waals surface area contributed by atoms with Gasteiger partial charge < -0.3 is 10.0 Å². The van der Waals surface area contributed by atoms with Crippen molar-refractivity contribution >= 4 is 33.0 Å². The third-order valence-corrected chi connectivity index (χ3v) is 7.04. The summed E-state index contributed by atoms with van der Waals surface area (Å²) in [6.45, 7) is 4.91. The predicted octanol–water partition coefficient (Wildman–Crippen LogP) is 2.89. The van der Waals surface area contributed by atoms with Gasteiger partial charge in [-0.3, -0.25) is 4.79 Å². The maximum Gasteiger partial charge on any atom is 0.328 e. The van der Waals surface area contributed by atoms with E-state index in [2.05, 4.69) is 4.90 Å². The van der Waals surface area contributed by atoms with Crippen molar-refractivity contribution in [2.75, 3.05) is 31.1 Å². The van der Waals surface area contributed by atoms with E-state index >= 15 is 0 Å². The lowest BCUT2D eigenvalue weighted by Crippen LogP contribution is -2.48. The van der Waals surface area contributed by atoms with E-state index in [0.717, 1.165) is 11.8 Å². The van der Waals surface area contributed by atoms with Gasteiger partial charge in [0, 0.05) is 43.5 Å². The Labute approximate surface area is 176 Å². The standard InChI is InChI=1S/C22H24N2O5S/c1-16(14-22(26)27)19-4-3-5-21(15-19)30(28,29)24-12-10-23(11-13-24)20-8-6-18(7-9-20)17(2)25/h3-9,14-15H,10-13H2,1-2H3,(H,26,27)/b16-14+. The lowest BCUT2D eigenvalue weighted by Gasteiger charge is -2.35. The van der Waals surface area contributed by atoms with E-state index in [-0.39, 0.29) is 10.7 Å². The molecule has 1 saturated heterocycles. The minimum Gasteiger partial charge on any atom is -0.478 e. The molecule has 0 atom stereocenters. The fourth-order valence-electron chi connectivity index (χ4n) is 3.41.